The van der Waals surface area contributed by atoms with E-state index in [1.165, 1.54) is 26.4 Å². The number of rotatable bonds is 1. The molecule has 0 N–H and O–H groups in total. The van der Waals surface area contributed by atoms with Crippen molar-refractivity contribution in [2.24, 2.45) is 0 Å². The average Bonchev–Trinajstić information content (AvgIpc) is 2.78. The third-order valence-corrected chi connectivity index (χ3v) is 6.22. The van der Waals surface area contributed by atoms with E-state index in [2.05, 4.69) is 12.2 Å². The van der Waals surface area contributed by atoms with Crippen molar-refractivity contribution >= 4 is 18.1 Å². The molecule has 3 rings (SSSR count). The number of methoxy groups -OCH3 is 1. The third kappa shape index (κ3) is 7.32. The van der Waals surface area contributed by atoms with Crippen molar-refractivity contribution < 1.29 is 23.8 Å². The van der Waals surface area contributed by atoms with Gasteiger partial charge in [0.05, 0.1) is 24.8 Å². The smallest absolute Gasteiger partial charge is 0.410 e. The lowest BCUT2D eigenvalue weighted by molar-refractivity contribution is -0.0323. The number of piperidine rings is 1. The zero-order valence-electron chi connectivity index (χ0n) is 20.6. The number of ether oxygens (including phenoxy) is 3. The van der Waals surface area contributed by atoms with Gasteiger partial charge in [-0.25, -0.2) is 9.59 Å². The van der Waals surface area contributed by atoms with Crippen molar-refractivity contribution in [1.29, 1.82) is 0 Å². The number of carbonyl (C=O) groups excluding carboxylic acids is 2. The standard InChI is InChI=1S/C27H39NO5/c1-27(2,3)33-26(30)28-16-15-22-19-24(28)23-14-13-21(25(29)31-4)18-20(23)12-10-8-6-5-7-9-11-17-32-22/h10,12-14,18,22,24H,5-9,11,15-17,19H2,1-4H3/b12-10-/t22-,24-/m0/s1. The molecule has 0 aromatic heterocycles. The minimum Gasteiger partial charge on any atom is -0.465 e. The normalized spacial score (nSPS) is 23.5. The predicted molar refractivity (Wildman–Crippen MR) is 129 cm³/mol. The molecule has 1 fully saturated rings. The molecule has 182 valence electrons. The summed E-state index contributed by atoms with van der Waals surface area (Å²) in [6.45, 7) is 6.99. The van der Waals surface area contributed by atoms with E-state index in [4.69, 9.17) is 14.2 Å². The second-order valence-corrected chi connectivity index (χ2v) is 10.0. The van der Waals surface area contributed by atoms with Crippen molar-refractivity contribution in [2.45, 2.75) is 89.9 Å². The van der Waals surface area contributed by atoms with E-state index >= 15 is 0 Å². The van der Waals surface area contributed by atoms with E-state index in [1.807, 2.05) is 37.8 Å². The first-order valence-electron chi connectivity index (χ1n) is 12.3. The molecule has 1 amide bonds. The maximum atomic E-state index is 13.1. The topological polar surface area (TPSA) is 65.1 Å². The van der Waals surface area contributed by atoms with E-state index in [0.717, 1.165) is 43.4 Å². The molecule has 0 aliphatic carbocycles. The number of amides is 1. The number of hydrogen-bond donors (Lipinski definition) is 0. The zero-order valence-corrected chi connectivity index (χ0v) is 20.6. The van der Waals surface area contributed by atoms with Gasteiger partial charge < -0.3 is 19.1 Å². The highest BCUT2D eigenvalue weighted by Gasteiger charge is 2.36. The number of carbonyl (C=O) groups is 2. The lowest BCUT2D eigenvalue weighted by atomic mass is 9.89. The lowest BCUT2D eigenvalue weighted by Crippen LogP contribution is -2.45. The van der Waals surface area contributed by atoms with Gasteiger partial charge in [-0.3, -0.25) is 0 Å². The van der Waals surface area contributed by atoms with Crippen LogP contribution in [0.4, 0.5) is 4.79 Å². The second-order valence-electron chi connectivity index (χ2n) is 10.0. The maximum absolute atomic E-state index is 13.1. The van der Waals surface area contributed by atoms with Crippen LogP contribution in [0.1, 0.15) is 99.7 Å². The van der Waals surface area contributed by atoms with Gasteiger partial charge >= 0.3 is 12.1 Å². The molecule has 1 aromatic rings. The number of likely N-dealkylation sites (tertiary alicyclic amines) is 1. The van der Waals surface area contributed by atoms with Crippen LogP contribution in [0.3, 0.4) is 0 Å². The molecular weight excluding hydrogens is 418 g/mol. The van der Waals surface area contributed by atoms with Crippen LogP contribution in [0.5, 0.6) is 0 Å². The predicted octanol–water partition coefficient (Wildman–Crippen LogP) is 6.30. The van der Waals surface area contributed by atoms with Crippen molar-refractivity contribution in [3.8, 4) is 0 Å². The van der Waals surface area contributed by atoms with Gasteiger partial charge in [0, 0.05) is 13.2 Å². The molecule has 2 atom stereocenters. The molecule has 2 bridgehead atoms. The van der Waals surface area contributed by atoms with Gasteiger partial charge in [-0.15, -0.1) is 0 Å². The summed E-state index contributed by atoms with van der Waals surface area (Å²) in [6.07, 6.45) is 12.4. The molecule has 2 aliphatic heterocycles. The zero-order chi connectivity index (χ0) is 23.8. The van der Waals surface area contributed by atoms with Crippen LogP contribution in [0.2, 0.25) is 0 Å². The molecular formula is C27H39NO5. The van der Waals surface area contributed by atoms with Gasteiger partial charge in [0.2, 0.25) is 0 Å². The molecule has 6 nitrogen and oxygen atoms in total. The summed E-state index contributed by atoms with van der Waals surface area (Å²) in [6, 6.07) is 5.42. The highest BCUT2D eigenvalue weighted by molar-refractivity contribution is 5.90. The Labute approximate surface area is 198 Å². The summed E-state index contributed by atoms with van der Waals surface area (Å²) in [5, 5.41) is 0. The van der Waals surface area contributed by atoms with Gasteiger partial charge in [0.25, 0.3) is 0 Å². The number of allylic oxidation sites excluding steroid dienone is 1. The Kier molecular flexibility index (Phi) is 8.95. The Morgan fingerprint density at radius 2 is 1.85 bits per heavy atom. The average molecular weight is 458 g/mol. The molecule has 1 aromatic carbocycles. The molecule has 6 heteroatoms. The fraction of sp³-hybridized carbons (Fsp3) is 0.630. The summed E-state index contributed by atoms with van der Waals surface area (Å²) in [5.41, 5.74) is 1.88. The van der Waals surface area contributed by atoms with Crippen molar-refractivity contribution in [1.82, 2.24) is 4.90 Å². The maximum Gasteiger partial charge on any atom is 0.410 e. The van der Waals surface area contributed by atoms with Crippen molar-refractivity contribution in [3.05, 3.63) is 41.0 Å². The summed E-state index contributed by atoms with van der Waals surface area (Å²) < 4.78 is 16.9. The van der Waals surface area contributed by atoms with Gasteiger partial charge in [-0.2, -0.15) is 0 Å². The largest absolute Gasteiger partial charge is 0.465 e. The van der Waals surface area contributed by atoms with Gasteiger partial charge in [0.1, 0.15) is 5.60 Å². The van der Waals surface area contributed by atoms with Crippen LogP contribution >= 0.6 is 0 Å². The lowest BCUT2D eigenvalue weighted by Gasteiger charge is -2.40. The second kappa shape index (κ2) is 11.7. The Bertz CT molecular complexity index is 841. The molecule has 33 heavy (non-hydrogen) atoms. The van der Waals surface area contributed by atoms with Crippen LogP contribution in [0.25, 0.3) is 6.08 Å². The molecule has 0 radical (unpaired) electrons. The summed E-state index contributed by atoms with van der Waals surface area (Å²) in [7, 11) is 1.39. The van der Waals surface area contributed by atoms with Crippen LogP contribution in [-0.2, 0) is 14.2 Å². The Balaban J connectivity index is 1.99. The SMILES string of the molecule is COC(=O)c1ccc2c(c1)/C=C\CCCCCCCO[C@H]1CCN(C(=O)OC(C)(C)C)[C@H]2C1. The summed E-state index contributed by atoms with van der Waals surface area (Å²) >= 11 is 0. The number of nitrogens with zero attached hydrogens (tertiary/aromatic N) is 1. The minimum atomic E-state index is -0.568. The van der Waals surface area contributed by atoms with Crippen LogP contribution in [0.15, 0.2) is 24.3 Å². The molecule has 1 saturated heterocycles. The Hall–Kier alpha value is -2.34. The fourth-order valence-electron chi connectivity index (χ4n) is 4.54. The number of hydrogen-bond acceptors (Lipinski definition) is 5. The van der Waals surface area contributed by atoms with E-state index in [0.29, 0.717) is 18.5 Å². The Morgan fingerprint density at radius 1 is 1.09 bits per heavy atom. The molecule has 0 spiro atoms. The van der Waals surface area contributed by atoms with Crippen LogP contribution < -0.4 is 0 Å². The molecule has 2 aliphatic rings. The van der Waals surface area contributed by atoms with E-state index in [-0.39, 0.29) is 24.2 Å². The van der Waals surface area contributed by atoms with Crippen molar-refractivity contribution in [3.63, 3.8) is 0 Å². The quantitative estimate of drug-likeness (QED) is 0.463. The molecule has 0 unspecified atom stereocenters. The third-order valence-electron chi connectivity index (χ3n) is 6.22. The van der Waals surface area contributed by atoms with E-state index < -0.39 is 5.60 Å². The van der Waals surface area contributed by atoms with Crippen molar-refractivity contribution in [2.75, 3.05) is 20.3 Å². The Morgan fingerprint density at radius 3 is 2.61 bits per heavy atom. The highest BCUT2D eigenvalue weighted by atomic mass is 16.6. The molecule has 0 saturated carbocycles. The number of fused-ring (bicyclic) bond motifs is 4. The first-order chi connectivity index (χ1) is 15.8. The number of esters is 1. The van der Waals surface area contributed by atoms with Crippen LogP contribution in [0, 0.1) is 0 Å². The van der Waals surface area contributed by atoms with Gasteiger partial charge in [0.15, 0.2) is 0 Å². The van der Waals surface area contributed by atoms with Crippen LogP contribution in [-0.4, -0.2) is 48.9 Å². The monoisotopic (exact) mass is 457 g/mol. The highest BCUT2D eigenvalue weighted by Crippen LogP contribution is 2.36. The van der Waals surface area contributed by atoms with Gasteiger partial charge in [-0.1, -0.05) is 37.5 Å². The summed E-state index contributed by atoms with van der Waals surface area (Å²) in [5.74, 6) is -0.365. The van der Waals surface area contributed by atoms with E-state index in [9.17, 15) is 9.59 Å². The fourth-order valence-corrected chi connectivity index (χ4v) is 4.54. The van der Waals surface area contributed by atoms with E-state index in [1.54, 1.807) is 6.07 Å². The van der Waals surface area contributed by atoms with Gasteiger partial charge in [-0.05, 0) is 76.1 Å². The first-order valence-corrected chi connectivity index (χ1v) is 12.3. The molecule has 2 heterocycles. The minimum absolute atomic E-state index is 0.0935. The number of benzene rings is 1. The first kappa shape index (κ1) is 25.3. The summed E-state index contributed by atoms with van der Waals surface area (Å²) in [4.78, 5) is 27.2.